The molecule has 190 valence electrons. The Morgan fingerprint density at radius 3 is 2.73 bits per heavy atom. The van der Waals surface area contributed by atoms with Crippen molar-refractivity contribution in [2.45, 2.75) is 13.0 Å². The zero-order valence-corrected chi connectivity index (χ0v) is 21.0. The highest BCUT2D eigenvalue weighted by molar-refractivity contribution is 5.94. The van der Waals surface area contributed by atoms with Crippen molar-refractivity contribution >= 4 is 11.6 Å². The number of carbonyl (C=O) groups is 1. The summed E-state index contributed by atoms with van der Waals surface area (Å²) in [5.41, 5.74) is 5.63. The Bertz CT molecular complexity index is 1350. The minimum absolute atomic E-state index is 0.274. The second-order valence-corrected chi connectivity index (χ2v) is 8.91. The fourth-order valence-electron chi connectivity index (χ4n) is 4.42. The largest absolute Gasteiger partial charge is 0.382 e. The van der Waals surface area contributed by atoms with Gasteiger partial charge in [-0.1, -0.05) is 30.3 Å². The molecule has 9 heteroatoms. The molecule has 1 amide bonds. The highest BCUT2D eigenvalue weighted by Crippen LogP contribution is 2.27. The van der Waals surface area contributed by atoms with Crippen LogP contribution in [-0.2, 0) is 9.47 Å². The van der Waals surface area contributed by atoms with Crippen molar-refractivity contribution in [3.63, 3.8) is 0 Å². The number of nitrogens with one attached hydrogen (secondary N) is 2. The summed E-state index contributed by atoms with van der Waals surface area (Å²) in [6, 6.07) is 15.5. The molecule has 0 aliphatic carbocycles. The molecule has 1 aliphatic heterocycles. The molecule has 1 saturated heterocycles. The van der Waals surface area contributed by atoms with Gasteiger partial charge in [0.25, 0.3) is 5.91 Å². The number of morpholine rings is 1. The number of carbonyl (C=O) groups excluding carboxylic acids is 1. The second-order valence-electron chi connectivity index (χ2n) is 8.91. The van der Waals surface area contributed by atoms with Crippen molar-refractivity contribution in [3.05, 3.63) is 84.1 Å². The van der Waals surface area contributed by atoms with Gasteiger partial charge in [0.05, 0.1) is 37.7 Å². The number of nitrogens with zero attached hydrogens (tertiary/aromatic N) is 4. The van der Waals surface area contributed by atoms with Gasteiger partial charge in [-0.15, -0.1) is 0 Å². The summed E-state index contributed by atoms with van der Waals surface area (Å²) in [6.07, 6.45) is 5.46. The molecule has 4 aromatic rings. The van der Waals surface area contributed by atoms with E-state index in [0.717, 1.165) is 48.7 Å². The minimum Gasteiger partial charge on any atom is -0.382 e. The van der Waals surface area contributed by atoms with E-state index >= 15 is 0 Å². The van der Waals surface area contributed by atoms with Gasteiger partial charge in [-0.05, 0) is 36.2 Å². The third kappa shape index (κ3) is 5.68. The van der Waals surface area contributed by atoms with Gasteiger partial charge < -0.3 is 24.7 Å². The zero-order chi connectivity index (χ0) is 25.6. The van der Waals surface area contributed by atoms with Gasteiger partial charge in [0, 0.05) is 43.9 Å². The topological polar surface area (TPSA) is 105 Å². The molecule has 0 saturated carbocycles. The summed E-state index contributed by atoms with van der Waals surface area (Å²) in [4.78, 5) is 32.2. The lowest BCUT2D eigenvalue weighted by atomic mass is 10.1. The lowest BCUT2D eigenvalue weighted by Crippen LogP contribution is -2.36. The van der Waals surface area contributed by atoms with E-state index in [2.05, 4.69) is 36.2 Å². The Kier molecular flexibility index (Phi) is 7.53. The van der Waals surface area contributed by atoms with Crippen LogP contribution < -0.4 is 10.2 Å². The summed E-state index contributed by atoms with van der Waals surface area (Å²) < 4.78 is 10.8. The van der Waals surface area contributed by atoms with Gasteiger partial charge in [0.15, 0.2) is 5.82 Å². The van der Waals surface area contributed by atoms with E-state index in [1.54, 1.807) is 13.3 Å². The number of rotatable bonds is 8. The van der Waals surface area contributed by atoms with Crippen molar-refractivity contribution < 1.29 is 14.3 Å². The number of aromatic nitrogens is 4. The number of ether oxygens (including phenoxy) is 2. The summed E-state index contributed by atoms with van der Waals surface area (Å²) in [7, 11) is 1.62. The van der Waals surface area contributed by atoms with Crippen molar-refractivity contribution in [1.29, 1.82) is 0 Å². The van der Waals surface area contributed by atoms with Crippen LogP contribution in [0.25, 0.3) is 22.6 Å². The Morgan fingerprint density at radius 1 is 1.14 bits per heavy atom. The van der Waals surface area contributed by atoms with Gasteiger partial charge in [0.2, 0.25) is 0 Å². The number of methoxy groups -OCH3 is 1. The van der Waals surface area contributed by atoms with Gasteiger partial charge >= 0.3 is 0 Å². The number of imidazole rings is 1. The lowest BCUT2D eigenvalue weighted by Gasteiger charge is -2.28. The fraction of sp³-hybridized carbons (Fsp3) is 0.286. The van der Waals surface area contributed by atoms with E-state index in [9.17, 15) is 4.79 Å². The average molecular weight is 499 g/mol. The Morgan fingerprint density at radius 2 is 1.95 bits per heavy atom. The molecule has 0 radical (unpaired) electrons. The maximum absolute atomic E-state index is 13.2. The fourth-order valence-corrected chi connectivity index (χ4v) is 4.42. The number of aryl methyl sites for hydroxylation is 1. The Labute approximate surface area is 215 Å². The number of hydrogen-bond acceptors (Lipinski definition) is 7. The van der Waals surface area contributed by atoms with Gasteiger partial charge in [0.1, 0.15) is 11.4 Å². The van der Waals surface area contributed by atoms with Crippen LogP contribution in [0.5, 0.6) is 0 Å². The molecule has 2 N–H and O–H groups in total. The molecule has 37 heavy (non-hydrogen) atoms. The number of hydrogen-bond donors (Lipinski definition) is 2. The predicted molar refractivity (Wildman–Crippen MR) is 141 cm³/mol. The highest BCUT2D eigenvalue weighted by atomic mass is 16.5. The van der Waals surface area contributed by atoms with Crippen LogP contribution in [0.1, 0.15) is 27.8 Å². The number of anilines is 1. The average Bonchev–Trinajstić information content (AvgIpc) is 3.35. The van der Waals surface area contributed by atoms with Crippen LogP contribution in [0.3, 0.4) is 0 Å². The molecule has 0 unspecified atom stereocenters. The third-order valence-electron chi connectivity index (χ3n) is 6.38. The van der Waals surface area contributed by atoms with Crippen LogP contribution in [-0.4, -0.2) is 65.9 Å². The molecule has 5 rings (SSSR count). The van der Waals surface area contributed by atoms with E-state index in [0.29, 0.717) is 29.5 Å². The summed E-state index contributed by atoms with van der Waals surface area (Å²) in [5.74, 6) is 0.259. The number of aromatic amines is 1. The molecule has 0 bridgehead atoms. The molecule has 3 aromatic heterocycles. The van der Waals surface area contributed by atoms with Gasteiger partial charge in [-0.25, -0.2) is 4.98 Å². The van der Waals surface area contributed by atoms with Gasteiger partial charge in [-0.3, -0.25) is 14.8 Å². The van der Waals surface area contributed by atoms with E-state index in [1.807, 2.05) is 61.8 Å². The second kappa shape index (κ2) is 11.3. The minimum atomic E-state index is -0.286. The summed E-state index contributed by atoms with van der Waals surface area (Å²) in [5, 5.41) is 3.04. The van der Waals surface area contributed by atoms with Crippen molar-refractivity contribution in [1.82, 2.24) is 25.3 Å². The first-order valence-corrected chi connectivity index (χ1v) is 12.3. The smallest absolute Gasteiger partial charge is 0.272 e. The van der Waals surface area contributed by atoms with Crippen molar-refractivity contribution in [2.24, 2.45) is 0 Å². The van der Waals surface area contributed by atoms with Crippen LogP contribution in [0.4, 0.5) is 5.69 Å². The molecule has 1 aliphatic rings. The van der Waals surface area contributed by atoms with E-state index in [4.69, 9.17) is 9.47 Å². The van der Waals surface area contributed by atoms with Crippen LogP contribution >= 0.6 is 0 Å². The number of H-pyrrole nitrogens is 1. The van der Waals surface area contributed by atoms with E-state index in [-0.39, 0.29) is 11.9 Å². The molecule has 1 atom stereocenters. The van der Waals surface area contributed by atoms with Crippen LogP contribution in [0.2, 0.25) is 0 Å². The molecule has 4 heterocycles. The summed E-state index contributed by atoms with van der Waals surface area (Å²) in [6.45, 7) is 5.31. The highest BCUT2D eigenvalue weighted by Gasteiger charge is 2.21. The SMILES string of the molecule is COC[C@@H](NC(=O)c1nc(-c2cc(-c3cncc(N4CCOCC4)c3)ccn2)[nH]c1C)c1ccccc1. The summed E-state index contributed by atoms with van der Waals surface area (Å²) >= 11 is 0. The first-order chi connectivity index (χ1) is 18.1. The molecule has 9 nitrogen and oxygen atoms in total. The molecule has 1 fully saturated rings. The van der Waals surface area contributed by atoms with Crippen molar-refractivity contribution in [3.8, 4) is 22.6 Å². The molecule has 1 aromatic carbocycles. The first kappa shape index (κ1) is 24.6. The van der Waals surface area contributed by atoms with Crippen LogP contribution in [0, 0.1) is 6.92 Å². The zero-order valence-electron chi connectivity index (χ0n) is 21.0. The standard InChI is InChI=1S/C28H30N6O3/c1-19-26(28(35)32-25(18-36-2)20-6-4-3-5-7-20)33-27(31-19)24-15-21(8-9-30-24)22-14-23(17-29-16-22)34-10-12-37-13-11-34/h3-9,14-17,25H,10-13,18H2,1-2H3,(H,31,33)(H,32,35)/t25-/m1/s1. The Hall–Kier alpha value is -4.08. The van der Waals surface area contributed by atoms with Crippen molar-refractivity contribution in [2.75, 3.05) is 44.9 Å². The first-order valence-electron chi connectivity index (χ1n) is 12.3. The monoisotopic (exact) mass is 498 g/mol. The molecule has 0 spiro atoms. The third-order valence-corrected chi connectivity index (χ3v) is 6.38. The molecular weight excluding hydrogens is 468 g/mol. The number of pyridine rings is 2. The number of benzene rings is 1. The number of amides is 1. The van der Waals surface area contributed by atoms with E-state index in [1.165, 1.54) is 0 Å². The Balaban J connectivity index is 1.37. The molecular formula is C28H30N6O3. The van der Waals surface area contributed by atoms with Gasteiger partial charge in [-0.2, -0.15) is 0 Å². The quantitative estimate of drug-likeness (QED) is 0.381. The normalized spacial score (nSPS) is 14.4. The lowest BCUT2D eigenvalue weighted by molar-refractivity contribution is 0.0891. The van der Waals surface area contributed by atoms with E-state index < -0.39 is 0 Å². The maximum Gasteiger partial charge on any atom is 0.272 e. The predicted octanol–water partition coefficient (Wildman–Crippen LogP) is 3.80. The maximum atomic E-state index is 13.2. The van der Waals surface area contributed by atoms with Crippen LogP contribution in [0.15, 0.2) is 67.1 Å².